The van der Waals surface area contributed by atoms with Crippen molar-refractivity contribution in [3.05, 3.63) is 0 Å². The Bertz CT molecular complexity index is 270. The van der Waals surface area contributed by atoms with Gasteiger partial charge in [0.1, 0.15) is 0 Å². The lowest BCUT2D eigenvalue weighted by Gasteiger charge is -2.27. The third kappa shape index (κ3) is 5.89. The van der Waals surface area contributed by atoms with Crippen LogP contribution in [0.3, 0.4) is 0 Å². The van der Waals surface area contributed by atoms with Crippen molar-refractivity contribution in [1.82, 2.24) is 14.7 Å². The molecule has 1 aliphatic rings. The van der Waals surface area contributed by atoms with Crippen molar-refractivity contribution >= 4 is 5.91 Å². The quantitative estimate of drug-likeness (QED) is 0.685. The second-order valence-electron chi connectivity index (χ2n) is 5.80. The van der Waals surface area contributed by atoms with Gasteiger partial charge < -0.3 is 15.5 Å². The van der Waals surface area contributed by atoms with Gasteiger partial charge in [-0.25, -0.2) is 0 Å². The van der Waals surface area contributed by atoms with Crippen LogP contribution >= 0.6 is 0 Å². The molecule has 0 spiro atoms. The molecule has 1 heterocycles. The minimum atomic E-state index is 0.240. The van der Waals surface area contributed by atoms with Gasteiger partial charge in [0.15, 0.2) is 0 Å². The van der Waals surface area contributed by atoms with Crippen molar-refractivity contribution in [1.29, 1.82) is 0 Å². The van der Waals surface area contributed by atoms with Crippen LogP contribution in [0.1, 0.15) is 25.7 Å². The Labute approximate surface area is 117 Å². The Morgan fingerprint density at radius 2 is 2.11 bits per heavy atom. The Kier molecular flexibility index (Phi) is 7.34. The largest absolute Gasteiger partial charge is 0.346 e. The first kappa shape index (κ1) is 16.4. The Balaban J connectivity index is 2.28. The van der Waals surface area contributed by atoms with Crippen LogP contribution in [-0.4, -0.2) is 80.5 Å². The highest BCUT2D eigenvalue weighted by Crippen LogP contribution is 2.18. The van der Waals surface area contributed by atoms with Crippen molar-refractivity contribution in [3.8, 4) is 0 Å². The number of amides is 1. The van der Waals surface area contributed by atoms with Crippen LogP contribution in [0.2, 0.25) is 0 Å². The summed E-state index contributed by atoms with van der Waals surface area (Å²) in [6.45, 7) is 4.55. The third-order valence-electron chi connectivity index (χ3n) is 3.81. The average Bonchev–Trinajstić information content (AvgIpc) is 2.79. The lowest BCUT2D eigenvalue weighted by Crippen LogP contribution is -2.40. The molecule has 1 unspecified atom stereocenters. The van der Waals surface area contributed by atoms with E-state index in [9.17, 15) is 4.79 Å². The first-order valence-electron chi connectivity index (χ1n) is 7.37. The van der Waals surface area contributed by atoms with E-state index >= 15 is 0 Å². The summed E-state index contributed by atoms with van der Waals surface area (Å²) >= 11 is 0. The lowest BCUT2D eigenvalue weighted by molar-refractivity contribution is -0.130. The van der Waals surface area contributed by atoms with Gasteiger partial charge in [-0.05, 0) is 46.4 Å². The number of carbonyl (C=O) groups excluding carboxylic acids is 1. The zero-order valence-corrected chi connectivity index (χ0v) is 12.8. The van der Waals surface area contributed by atoms with Crippen molar-refractivity contribution in [2.45, 2.75) is 31.7 Å². The second kappa shape index (κ2) is 8.51. The minimum Gasteiger partial charge on any atom is -0.346 e. The lowest BCUT2D eigenvalue weighted by atomic mass is 10.2. The number of carbonyl (C=O) groups is 1. The van der Waals surface area contributed by atoms with Gasteiger partial charge in [0.2, 0.25) is 5.91 Å². The van der Waals surface area contributed by atoms with E-state index in [2.05, 4.69) is 23.9 Å². The molecule has 5 heteroatoms. The molecular formula is C14H30N4O. The van der Waals surface area contributed by atoms with Crippen LogP contribution in [0, 0.1) is 0 Å². The molecule has 0 aromatic heterocycles. The van der Waals surface area contributed by atoms with E-state index in [4.69, 9.17) is 5.73 Å². The molecule has 0 aromatic rings. The molecule has 0 radical (unpaired) electrons. The van der Waals surface area contributed by atoms with Crippen LogP contribution < -0.4 is 5.73 Å². The standard InChI is InChI=1S/C14H30N4O/c1-16(2)12-13-6-4-10-18(13)11-7-14(19)17(3)9-5-8-15/h13H,4-12,15H2,1-3H3. The number of hydrogen-bond acceptors (Lipinski definition) is 4. The predicted molar refractivity (Wildman–Crippen MR) is 79.1 cm³/mol. The first-order valence-corrected chi connectivity index (χ1v) is 7.37. The van der Waals surface area contributed by atoms with Crippen molar-refractivity contribution in [2.75, 3.05) is 53.9 Å². The molecule has 0 aliphatic carbocycles. The molecule has 0 aromatic carbocycles. The molecule has 2 N–H and O–H groups in total. The number of nitrogens with zero attached hydrogens (tertiary/aromatic N) is 3. The summed E-state index contributed by atoms with van der Waals surface area (Å²) in [4.78, 5) is 18.5. The van der Waals surface area contributed by atoms with Gasteiger partial charge in [0, 0.05) is 39.1 Å². The van der Waals surface area contributed by atoms with Gasteiger partial charge in [-0.15, -0.1) is 0 Å². The highest BCUT2D eigenvalue weighted by atomic mass is 16.2. The molecule has 1 atom stereocenters. The van der Waals surface area contributed by atoms with Crippen LogP contribution in [0.25, 0.3) is 0 Å². The monoisotopic (exact) mass is 270 g/mol. The van der Waals surface area contributed by atoms with Crippen LogP contribution in [0.15, 0.2) is 0 Å². The summed E-state index contributed by atoms with van der Waals surface area (Å²) < 4.78 is 0. The molecule has 1 saturated heterocycles. The number of likely N-dealkylation sites (N-methyl/N-ethyl adjacent to an activating group) is 1. The highest BCUT2D eigenvalue weighted by molar-refractivity contribution is 5.76. The van der Waals surface area contributed by atoms with Gasteiger partial charge in [0.05, 0.1) is 0 Å². The van der Waals surface area contributed by atoms with Crippen LogP contribution in [-0.2, 0) is 4.79 Å². The topological polar surface area (TPSA) is 52.8 Å². The summed E-state index contributed by atoms with van der Waals surface area (Å²) in [5, 5.41) is 0. The smallest absolute Gasteiger partial charge is 0.223 e. The molecule has 0 bridgehead atoms. The summed E-state index contributed by atoms with van der Waals surface area (Å²) in [6, 6.07) is 0.622. The van der Waals surface area contributed by atoms with Gasteiger partial charge in [-0.2, -0.15) is 0 Å². The van der Waals surface area contributed by atoms with Gasteiger partial charge in [-0.3, -0.25) is 9.69 Å². The molecule has 0 saturated carbocycles. The van der Waals surface area contributed by atoms with Gasteiger partial charge in [0.25, 0.3) is 0 Å². The number of likely N-dealkylation sites (tertiary alicyclic amines) is 1. The van der Waals surface area contributed by atoms with E-state index in [1.54, 1.807) is 0 Å². The van der Waals surface area contributed by atoms with Gasteiger partial charge in [-0.1, -0.05) is 0 Å². The predicted octanol–water partition coefficient (Wildman–Crippen LogP) is 0.210. The maximum atomic E-state index is 12.0. The second-order valence-corrected chi connectivity index (χ2v) is 5.80. The average molecular weight is 270 g/mol. The molecule has 1 amide bonds. The fourth-order valence-corrected chi connectivity index (χ4v) is 2.70. The number of hydrogen-bond donors (Lipinski definition) is 1. The molecule has 5 nitrogen and oxygen atoms in total. The van der Waals surface area contributed by atoms with E-state index in [0.717, 1.165) is 32.6 Å². The third-order valence-corrected chi connectivity index (χ3v) is 3.81. The maximum absolute atomic E-state index is 12.0. The SMILES string of the molecule is CN(C)CC1CCCN1CCC(=O)N(C)CCCN. The molecule has 1 rings (SSSR count). The van der Waals surface area contributed by atoms with E-state index in [0.29, 0.717) is 19.0 Å². The normalized spacial score (nSPS) is 20.2. The molecule has 19 heavy (non-hydrogen) atoms. The minimum absolute atomic E-state index is 0.240. The van der Waals surface area contributed by atoms with E-state index in [1.165, 1.54) is 12.8 Å². The van der Waals surface area contributed by atoms with Crippen LogP contribution in [0.5, 0.6) is 0 Å². The summed E-state index contributed by atoms with van der Waals surface area (Å²) in [7, 11) is 6.10. The highest BCUT2D eigenvalue weighted by Gasteiger charge is 2.25. The molecule has 1 fully saturated rings. The zero-order chi connectivity index (χ0) is 14.3. The summed E-state index contributed by atoms with van der Waals surface area (Å²) in [5.41, 5.74) is 5.46. The van der Waals surface area contributed by atoms with E-state index < -0.39 is 0 Å². The van der Waals surface area contributed by atoms with E-state index in [1.807, 2.05) is 11.9 Å². The van der Waals surface area contributed by atoms with Crippen molar-refractivity contribution in [2.24, 2.45) is 5.73 Å². The van der Waals surface area contributed by atoms with Crippen molar-refractivity contribution < 1.29 is 4.79 Å². The molecule has 112 valence electrons. The van der Waals surface area contributed by atoms with Crippen molar-refractivity contribution in [3.63, 3.8) is 0 Å². The Hall–Kier alpha value is -0.650. The van der Waals surface area contributed by atoms with E-state index in [-0.39, 0.29) is 5.91 Å². The van der Waals surface area contributed by atoms with Crippen LogP contribution in [0.4, 0.5) is 0 Å². The fourth-order valence-electron chi connectivity index (χ4n) is 2.70. The molecule has 1 aliphatic heterocycles. The van der Waals surface area contributed by atoms with Gasteiger partial charge >= 0.3 is 0 Å². The number of nitrogens with two attached hydrogens (primary N) is 1. The fraction of sp³-hybridized carbons (Fsp3) is 0.929. The maximum Gasteiger partial charge on any atom is 0.223 e. The Morgan fingerprint density at radius 1 is 1.37 bits per heavy atom. The number of rotatable bonds is 8. The molecular weight excluding hydrogens is 240 g/mol. The first-order chi connectivity index (χ1) is 9.04. The summed E-state index contributed by atoms with van der Waals surface area (Å²) in [6.07, 6.45) is 4.03. The Morgan fingerprint density at radius 3 is 2.74 bits per heavy atom. The zero-order valence-electron chi connectivity index (χ0n) is 12.8. The summed E-state index contributed by atoms with van der Waals surface area (Å²) in [5.74, 6) is 0.240.